The molecule has 0 spiro atoms. The number of amides is 1. The van der Waals surface area contributed by atoms with E-state index in [-0.39, 0.29) is 5.91 Å². The lowest BCUT2D eigenvalue weighted by atomic mass is 9.97. The van der Waals surface area contributed by atoms with Gasteiger partial charge in [0, 0.05) is 38.6 Å². The van der Waals surface area contributed by atoms with E-state index in [1.807, 2.05) is 36.2 Å². The number of nitrogens with zero attached hydrogens (tertiary/aromatic N) is 6. The number of hydrogen-bond donors (Lipinski definition) is 0. The van der Waals surface area contributed by atoms with Crippen molar-refractivity contribution in [2.24, 2.45) is 7.05 Å². The van der Waals surface area contributed by atoms with Gasteiger partial charge in [0.05, 0.1) is 11.2 Å². The maximum atomic E-state index is 13.1. The minimum atomic E-state index is 0.00738. The minimum absolute atomic E-state index is 0.00738. The van der Waals surface area contributed by atoms with Crippen LogP contribution in [0.1, 0.15) is 34.6 Å². The molecule has 1 saturated heterocycles. The van der Waals surface area contributed by atoms with Crippen molar-refractivity contribution in [1.29, 1.82) is 0 Å². The number of hydrogen-bond acceptors (Lipinski definition) is 5. The molecule has 0 bridgehead atoms. The van der Waals surface area contributed by atoms with E-state index in [2.05, 4.69) is 26.3 Å². The largest absolute Gasteiger partial charge is 0.352 e. The standard InChI is InChI=1S/C21H24N6O/c1-25-18-9-5-3-7-16(18)20(24-25)21(28)27-12-10-26(11-13-27)19-14-15-6-2-4-8-17(15)22-23-19/h3,5,7,9,14H,2,4,6,8,10-13H2,1H3. The summed E-state index contributed by atoms with van der Waals surface area (Å²) in [6.07, 6.45) is 4.59. The number of aromatic nitrogens is 4. The summed E-state index contributed by atoms with van der Waals surface area (Å²) < 4.78 is 1.78. The lowest BCUT2D eigenvalue weighted by molar-refractivity contribution is 0.0741. The molecule has 7 nitrogen and oxygen atoms in total. The van der Waals surface area contributed by atoms with Crippen LogP contribution >= 0.6 is 0 Å². The second-order valence-corrected chi connectivity index (χ2v) is 7.65. The van der Waals surface area contributed by atoms with Crippen LogP contribution in [0.2, 0.25) is 0 Å². The van der Waals surface area contributed by atoms with Gasteiger partial charge >= 0.3 is 0 Å². The van der Waals surface area contributed by atoms with Crippen LogP contribution in [0.5, 0.6) is 0 Å². The highest BCUT2D eigenvalue weighted by Gasteiger charge is 2.27. The fourth-order valence-electron chi connectivity index (χ4n) is 4.29. The Hall–Kier alpha value is -2.96. The summed E-state index contributed by atoms with van der Waals surface area (Å²) in [4.78, 5) is 17.2. The van der Waals surface area contributed by atoms with Gasteiger partial charge in [-0.15, -0.1) is 5.10 Å². The van der Waals surface area contributed by atoms with Crippen LogP contribution in [0.15, 0.2) is 30.3 Å². The SMILES string of the molecule is Cn1nc(C(=O)N2CCN(c3cc4c(nn3)CCCC4)CC2)c2ccccc21. The predicted molar refractivity (Wildman–Crippen MR) is 108 cm³/mol. The first-order chi connectivity index (χ1) is 13.7. The van der Waals surface area contributed by atoms with Crippen molar-refractivity contribution >= 4 is 22.6 Å². The molecule has 144 valence electrons. The predicted octanol–water partition coefficient (Wildman–Crippen LogP) is 2.20. The van der Waals surface area contributed by atoms with Crippen molar-refractivity contribution in [3.63, 3.8) is 0 Å². The first kappa shape index (κ1) is 17.2. The van der Waals surface area contributed by atoms with Crippen LogP contribution in [0.3, 0.4) is 0 Å². The summed E-state index contributed by atoms with van der Waals surface area (Å²) in [7, 11) is 1.88. The van der Waals surface area contributed by atoms with Gasteiger partial charge in [-0.1, -0.05) is 18.2 Å². The molecule has 0 radical (unpaired) electrons. The quantitative estimate of drug-likeness (QED) is 0.686. The summed E-state index contributed by atoms with van der Waals surface area (Å²) in [6, 6.07) is 10.1. The van der Waals surface area contributed by atoms with E-state index in [1.165, 1.54) is 18.4 Å². The third-order valence-electron chi connectivity index (χ3n) is 5.91. The molecular formula is C21H24N6O. The second kappa shape index (κ2) is 6.89. The van der Waals surface area contributed by atoms with E-state index in [1.54, 1.807) is 4.68 Å². The van der Waals surface area contributed by atoms with E-state index in [0.717, 1.165) is 48.3 Å². The number of rotatable bonds is 2. The van der Waals surface area contributed by atoms with Crippen molar-refractivity contribution in [3.05, 3.63) is 47.3 Å². The first-order valence-electron chi connectivity index (χ1n) is 10.0. The van der Waals surface area contributed by atoms with Gasteiger partial charge in [0.2, 0.25) is 0 Å². The molecule has 0 N–H and O–H groups in total. The van der Waals surface area contributed by atoms with Crippen LogP contribution in [0, 0.1) is 0 Å². The number of fused-ring (bicyclic) bond motifs is 2. The molecule has 28 heavy (non-hydrogen) atoms. The number of piperazine rings is 1. The maximum Gasteiger partial charge on any atom is 0.275 e. The van der Waals surface area contributed by atoms with Crippen molar-refractivity contribution in [3.8, 4) is 0 Å². The maximum absolute atomic E-state index is 13.1. The highest BCUT2D eigenvalue weighted by Crippen LogP contribution is 2.24. The highest BCUT2D eigenvalue weighted by molar-refractivity contribution is 6.04. The molecule has 1 fully saturated rings. The molecule has 0 atom stereocenters. The summed E-state index contributed by atoms with van der Waals surface area (Å²) >= 11 is 0. The van der Waals surface area contributed by atoms with Crippen LogP contribution in [-0.2, 0) is 19.9 Å². The number of benzene rings is 1. The van der Waals surface area contributed by atoms with Crippen LogP contribution in [0.4, 0.5) is 5.82 Å². The number of carbonyl (C=O) groups is 1. The summed E-state index contributed by atoms with van der Waals surface area (Å²) in [5, 5.41) is 14.3. The van der Waals surface area contributed by atoms with Crippen molar-refractivity contribution in [2.75, 3.05) is 31.1 Å². The Morgan fingerprint density at radius 2 is 1.79 bits per heavy atom. The Morgan fingerprint density at radius 3 is 2.64 bits per heavy atom. The van der Waals surface area contributed by atoms with Crippen LogP contribution in [-0.4, -0.2) is 57.0 Å². The lowest BCUT2D eigenvalue weighted by Gasteiger charge is -2.35. The number of para-hydroxylation sites is 1. The first-order valence-corrected chi connectivity index (χ1v) is 10.0. The molecule has 1 aliphatic heterocycles. The number of aryl methyl sites for hydroxylation is 3. The zero-order valence-electron chi connectivity index (χ0n) is 16.1. The van der Waals surface area contributed by atoms with Gasteiger partial charge in [-0.3, -0.25) is 9.48 Å². The Kier molecular flexibility index (Phi) is 4.22. The molecule has 2 aliphatic rings. The third-order valence-corrected chi connectivity index (χ3v) is 5.91. The Labute approximate surface area is 164 Å². The molecule has 7 heteroatoms. The molecule has 1 amide bonds. The fraction of sp³-hybridized carbons (Fsp3) is 0.429. The summed E-state index contributed by atoms with van der Waals surface area (Å²) in [5.74, 6) is 0.948. The average molecular weight is 376 g/mol. The van der Waals surface area contributed by atoms with E-state index in [4.69, 9.17) is 0 Å². The molecule has 1 aromatic carbocycles. The molecular weight excluding hydrogens is 352 g/mol. The van der Waals surface area contributed by atoms with Gasteiger partial charge in [0.25, 0.3) is 5.91 Å². The van der Waals surface area contributed by atoms with E-state index in [0.29, 0.717) is 18.8 Å². The Morgan fingerprint density at radius 1 is 1.00 bits per heavy atom. The van der Waals surface area contributed by atoms with Crippen LogP contribution in [0.25, 0.3) is 10.9 Å². The van der Waals surface area contributed by atoms with Gasteiger partial charge in [0.15, 0.2) is 11.5 Å². The molecule has 2 aromatic heterocycles. The molecule has 3 aromatic rings. The normalized spacial score (nSPS) is 17.0. The zero-order chi connectivity index (χ0) is 19.1. The molecule has 3 heterocycles. The Balaban J connectivity index is 1.31. The van der Waals surface area contributed by atoms with Crippen molar-refractivity contribution in [1.82, 2.24) is 24.9 Å². The molecule has 0 unspecified atom stereocenters. The molecule has 0 saturated carbocycles. The van der Waals surface area contributed by atoms with Gasteiger partial charge < -0.3 is 9.80 Å². The van der Waals surface area contributed by atoms with Gasteiger partial charge in [-0.2, -0.15) is 10.2 Å². The Bertz CT molecular complexity index is 1030. The average Bonchev–Trinajstić information content (AvgIpc) is 3.10. The van der Waals surface area contributed by atoms with E-state index >= 15 is 0 Å². The lowest BCUT2D eigenvalue weighted by Crippen LogP contribution is -2.49. The van der Waals surface area contributed by atoms with E-state index in [9.17, 15) is 4.79 Å². The monoisotopic (exact) mass is 376 g/mol. The summed E-state index contributed by atoms with van der Waals surface area (Å²) in [6.45, 7) is 2.87. The van der Waals surface area contributed by atoms with Gasteiger partial charge in [0.1, 0.15) is 0 Å². The summed E-state index contributed by atoms with van der Waals surface area (Å²) in [5.41, 5.74) is 4.02. The molecule has 5 rings (SSSR count). The topological polar surface area (TPSA) is 67.2 Å². The second-order valence-electron chi connectivity index (χ2n) is 7.65. The highest BCUT2D eigenvalue weighted by atomic mass is 16.2. The van der Waals surface area contributed by atoms with Crippen molar-refractivity contribution < 1.29 is 4.79 Å². The van der Waals surface area contributed by atoms with E-state index < -0.39 is 0 Å². The zero-order valence-corrected chi connectivity index (χ0v) is 16.1. The smallest absolute Gasteiger partial charge is 0.275 e. The minimum Gasteiger partial charge on any atom is -0.352 e. The fourth-order valence-corrected chi connectivity index (χ4v) is 4.29. The number of anilines is 1. The molecule has 1 aliphatic carbocycles. The third kappa shape index (κ3) is 2.91. The van der Waals surface area contributed by atoms with Crippen LogP contribution < -0.4 is 4.90 Å². The number of carbonyl (C=O) groups excluding carboxylic acids is 1. The van der Waals surface area contributed by atoms with Crippen molar-refractivity contribution in [2.45, 2.75) is 25.7 Å². The van der Waals surface area contributed by atoms with Gasteiger partial charge in [-0.25, -0.2) is 0 Å². The van der Waals surface area contributed by atoms with Gasteiger partial charge in [-0.05, 0) is 43.4 Å².